The molecule has 4 aromatic rings. The van der Waals surface area contributed by atoms with Crippen molar-refractivity contribution >= 4 is 33.3 Å². The minimum atomic E-state index is -2.90. The Morgan fingerprint density at radius 1 is 1.13 bits per heavy atom. The third-order valence-electron chi connectivity index (χ3n) is 5.20. The van der Waals surface area contributed by atoms with Crippen molar-refractivity contribution in [3.63, 3.8) is 0 Å². The molecule has 9 nitrogen and oxygen atoms in total. The van der Waals surface area contributed by atoms with Gasteiger partial charge >= 0.3 is 0 Å². The summed E-state index contributed by atoms with van der Waals surface area (Å²) in [6.07, 6.45) is 3.78. The summed E-state index contributed by atoms with van der Waals surface area (Å²) in [5.41, 5.74) is 8.06. The Morgan fingerprint density at radius 2 is 1.97 bits per heavy atom. The summed E-state index contributed by atoms with van der Waals surface area (Å²) in [5.74, 6) is 0.387. The molecule has 0 atom stereocenters. The lowest BCUT2D eigenvalue weighted by molar-refractivity contribution is 0.491. The van der Waals surface area contributed by atoms with E-state index in [0.29, 0.717) is 46.7 Å². The highest BCUT2D eigenvalue weighted by Gasteiger charge is 2.31. The zero-order chi connectivity index (χ0) is 21.6. The highest BCUT2D eigenvalue weighted by molar-refractivity contribution is 8.25. The van der Waals surface area contributed by atoms with Gasteiger partial charge in [-0.3, -0.25) is 13.4 Å². The van der Waals surface area contributed by atoms with Gasteiger partial charge in [-0.15, -0.1) is 10.8 Å². The molecule has 0 amide bonds. The van der Waals surface area contributed by atoms with E-state index in [1.807, 2.05) is 6.07 Å². The van der Waals surface area contributed by atoms with Gasteiger partial charge < -0.3 is 5.73 Å². The summed E-state index contributed by atoms with van der Waals surface area (Å²) >= 11 is 0. The predicted molar refractivity (Wildman–Crippen MR) is 118 cm³/mol. The van der Waals surface area contributed by atoms with Crippen LogP contribution in [-0.4, -0.2) is 46.1 Å². The first-order valence-corrected chi connectivity index (χ1v) is 11.3. The van der Waals surface area contributed by atoms with Crippen LogP contribution in [0.3, 0.4) is 0 Å². The Morgan fingerprint density at radius 3 is 2.71 bits per heavy atom. The number of hydrogen-bond donors (Lipinski definition) is 3. The summed E-state index contributed by atoms with van der Waals surface area (Å²) in [7, 11) is -2.90. The molecule has 1 fully saturated rings. The monoisotopic (exact) mass is 441 g/mol. The number of hydrogen-bond acceptors (Lipinski definition) is 8. The highest BCUT2D eigenvalue weighted by Crippen LogP contribution is 2.52. The number of nitrogen functional groups attached to an aromatic ring is 1. The second-order valence-electron chi connectivity index (χ2n) is 7.23. The number of rotatable bonds is 4. The smallest absolute Gasteiger partial charge is 0.182 e. The van der Waals surface area contributed by atoms with E-state index in [2.05, 4.69) is 20.1 Å². The number of nitrogens with zero attached hydrogens (tertiary/aromatic N) is 6. The van der Waals surface area contributed by atoms with Gasteiger partial charge in [0, 0.05) is 18.3 Å². The minimum absolute atomic E-state index is 0.132. The minimum Gasteiger partial charge on any atom is -0.382 e. The first-order valence-electron chi connectivity index (χ1n) is 9.65. The average Bonchev–Trinajstić information content (AvgIpc) is 3.29. The van der Waals surface area contributed by atoms with E-state index in [9.17, 15) is 13.5 Å². The van der Waals surface area contributed by atoms with Crippen LogP contribution in [0, 0.1) is 5.82 Å². The molecule has 11 heteroatoms. The number of halogens is 1. The maximum Gasteiger partial charge on any atom is 0.182 e. The second-order valence-corrected chi connectivity index (χ2v) is 9.34. The van der Waals surface area contributed by atoms with Crippen molar-refractivity contribution in [2.24, 2.45) is 0 Å². The van der Waals surface area contributed by atoms with Crippen LogP contribution in [0.25, 0.3) is 22.6 Å². The summed E-state index contributed by atoms with van der Waals surface area (Å²) in [5, 5.41) is 5.30. The summed E-state index contributed by atoms with van der Waals surface area (Å²) in [6.45, 7) is 0.668. The van der Waals surface area contributed by atoms with Gasteiger partial charge in [-0.25, -0.2) is 24.0 Å². The third-order valence-corrected chi connectivity index (χ3v) is 7.12. The van der Waals surface area contributed by atoms with Gasteiger partial charge in [0.15, 0.2) is 17.3 Å². The van der Waals surface area contributed by atoms with E-state index in [1.54, 1.807) is 35.1 Å². The summed E-state index contributed by atoms with van der Waals surface area (Å²) < 4.78 is 37.7. The number of fused-ring (bicyclic) bond motifs is 1. The van der Waals surface area contributed by atoms with Crippen LogP contribution in [0.4, 0.5) is 15.9 Å². The molecule has 31 heavy (non-hydrogen) atoms. The Bertz CT molecular complexity index is 1280. The molecule has 0 unspecified atom stereocenters. The number of nitrogens with two attached hydrogens (primary N) is 1. The van der Waals surface area contributed by atoms with Crippen LogP contribution < -0.4 is 10.0 Å². The molecule has 0 spiro atoms. The lowest BCUT2D eigenvalue weighted by Gasteiger charge is -2.38. The first kappa shape index (κ1) is 19.7. The predicted octanol–water partition coefficient (Wildman–Crippen LogP) is 3.53. The largest absolute Gasteiger partial charge is 0.382 e. The molecule has 5 rings (SSSR count). The molecule has 1 aliphatic heterocycles. The van der Waals surface area contributed by atoms with E-state index in [4.69, 9.17) is 5.73 Å². The SMILES string of the molecule is Nc1nc(-c2nn(Cc3ccccc3F)c3ncccc23)ncc1N1CCCS1(O)O. The van der Waals surface area contributed by atoms with E-state index in [0.717, 1.165) is 0 Å². The van der Waals surface area contributed by atoms with Crippen molar-refractivity contribution in [1.82, 2.24) is 24.7 Å². The number of benzene rings is 1. The Balaban J connectivity index is 1.56. The molecule has 1 aliphatic rings. The molecule has 0 aliphatic carbocycles. The molecule has 1 saturated heterocycles. The molecule has 160 valence electrons. The van der Waals surface area contributed by atoms with Crippen LogP contribution in [0.5, 0.6) is 0 Å². The van der Waals surface area contributed by atoms with Crippen LogP contribution >= 0.6 is 10.8 Å². The van der Waals surface area contributed by atoms with Gasteiger partial charge in [-0.2, -0.15) is 5.10 Å². The molecule has 1 aromatic carbocycles. The molecular formula is C20H20FN7O2S. The Kier molecular flexibility index (Phi) is 4.73. The van der Waals surface area contributed by atoms with Gasteiger partial charge in [0.2, 0.25) is 0 Å². The van der Waals surface area contributed by atoms with Crippen LogP contribution in [-0.2, 0) is 6.54 Å². The van der Waals surface area contributed by atoms with E-state index in [1.165, 1.54) is 16.6 Å². The number of anilines is 2. The topological polar surface area (TPSA) is 126 Å². The third kappa shape index (κ3) is 3.46. The van der Waals surface area contributed by atoms with Gasteiger partial charge in [0.05, 0.1) is 23.9 Å². The highest BCUT2D eigenvalue weighted by atomic mass is 32.3. The van der Waals surface area contributed by atoms with Crippen molar-refractivity contribution < 1.29 is 13.5 Å². The van der Waals surface area contributed by atoms with Crippen molar-refractivity contribution in [3.05, 3.63) is 60.2 Å². The molecule has 0 bridgehead atoms. The molecule has 0 radical (unpaired) electrons. The lowest BCUT2D eigenvalue weighted by Crippen LogP contribution is -2.23. The summed E-state index contributed by atoms with van der Waals surface area (Å²) in [6, 6.07) is 10.1. The molecule has 3 aromatic heterocycles. The van der Waals surface area contributed by atoms with Crippen molar-refractivity contribution in [2.45, 2.75) is 13.0 Å². The maximum atomic E-state index is 14.2. The van der Waals surface area contributed by atoms with E-state index >= 15 is 0 Å². The van der Waals surface area contributed by atoms with E-state index < -0.39 is 10.8 Å². The van der Waals surface area contributed by atoms with Gasteiger partial charge in [0.1, 0.15) is 17.2 Å². The van der Waals surface area contributed by atoms with Crippen LogP contribution in [0.2, 0.25) is 0 Å². The number of aromatic nitrogens is 5. The lowest BCUT2D eigenvalue weighted by atomic mass is 10.2. The fourth-order valence-corrected chi connectivity index (χ4v) is 5.32. The zero-order valence-electron chi connectivity index (χ0n) is 16.4. The quantitative estimate of drug-likeness (QED) is 0.439. The van der Waals surface area contributed by atoms with E-state index in [-0.39, 0.29) is 24.0 Å². The van der Waals surface area contributed by atoms with Crippen LogP contribution in [0.15, 0.2) is 48.8 Å². The summed E-state index contributed by atoms with van der Waals surface area (Å²) in [4.78, 5) is 13.2. The van der Waals surface area contributed by atoms with Gasteiger partial charge in [0.25, 0.3) is 0 Å². The molecule has 0 saturated carbocycles. The zero-order valence-corrected chi connectivity index (χ0v) is 17.2. The Labute approximate surface area is 178 Å². The second kappa shape index (κ2) is 7.45. The molecule has 4 heterocycles. The molecule has 4 N–H and O–H groups in total. The molecular weight excluding hydrogens is 421 g/mol. The number of pyridine rings is 1. The van der Waals surface area contributed by atoms with Crippen LogP contribution in [0.1, 0.15) is 12.0 Å². The normalized spacial score (nSPS) is 16.7. The van der Waals surface area contributed by atoms with Gasteiger partial charge in [-0.05, 0) is 24.6 Å². The van der Waals surface area contributed by atoms with Crippen molar-refractivity contribution in [3.8, 4) is 11.5 Å². The van der Waals surface area contributed by atoms with Crippen molar-refractivity contribution in [2.75, 3.05) is 22.3 Å². The maximum absolute atomic E-state index is 14.2. The first-order chi connectivity index (χ1) is 14.9. The van der Waals surface area contributed by atoms with Crippen molar-refractivity contribution in [1.29, 1.82) is 0 Å². The average molecular weight is 441 g/mol. The van der Waals surface area contributed by atoms with Gasteiger partial charge in [-0.1, -0.05) is 18.2 Å². The fourth-order valence-electron chi connectivity index (χ4n) is 3.70. The Hall–Kier alpha value is -3.28. The fraction of sp³-hybridized carbons (Fsp3) is 0.200. The standard InChI is InChI=1S/C20H20FN7O2S/c21-15-7-2-1-5-13(15)12-27-20-14(6-3-8-23-20)17(26-27)19-24-11-16(18(22)25-19)28-9-4-10-31(28,29)30/h1-3,5-8,11,29-30H,4,9-10,12H2,(H2,22,24,25).